The number of ether oxygens (including phenoxy) is 4. The smallest absolute Gasteiger partial charge is 0.347 e. The summed E-state index contributed by atoms with van der Waals surface area (Å²) in [5, 5.41) is 7.34. The zero-order valence-electron chi connectivity index (χ0n) is 20.1. The monoisotopic (exact) mass is 490 g/mol. The molecule has 12 nitrogen and oxygen atoms in total. The maximum absolute atomic E-state index is 12.5. The number of aromatic nitrogens is 3. The lowest BCUT2D eigenvalue weighted by Gasteiger charge is -2.28. The third-order valence-corrected chi connectivity index (χ3v) is 5.56. The molecule has 35 heavy (non-hydrogen) atoms. The number of esters is 2. The molecule has 1 saturated heterocycles. The molecule has 3 rings (SSSR count). The van der Waals surface area contributed by atoms with E-state index in [1.807, 2.05) is 30.3 Å². The van der Waals surface area contributed by atoms with Crippen LogP contribution in [0.2, 0.25) is 0 Å². The molecule has 12 heteroatoms. The molecule has 1 aromatic heterocycles. The van der Waals surface area contributed by atoms with Crippen LogP contribution in [0, 0.1) is 6.92 Å². The van der Waals surface area contributed by atoms with Crippen LogP contribution in [-0.4, -0.2) is 64.8 Å². The molecule has 0 saturated carbocycles. The number of carbonyl (C=O) groups is 2. The Bertz CT molecular complexity index is 1130. The molecular weight excluding hydrogens is 460 g/mol. The van der Waals surface area contributed by atoms with Crippen molar-refractivity contribution in [2.45, 2.75) is 64.3 Å². The molecule has 0 spiro atoms. The van der Waals surface area contributed by atoms with E-state index in [1.54, 1.807) is 6.92 Å². The zero-order valence-corrected chi connectivity index (χ0v) is 20.1. The van der Waals surface area contributed by atoms with Gasteiger partial charge in [0.25, 0.3) is 5.56 Å². The van der Waals surface area contributed by atoms with Gasteiger partial charge in [-0.15, -0.1) is 0 Å². The predicted molar refractivity (Wildman–Crippen MR) is 122 cm³/mol. The first kappa shape index (κ1) is 26.3. The van der Waals surface area contributed by atoms with Crippen LogP contribution in [0.5, 0.6) is 0 Å². The van der Waals surface area contributed by atoms with Crippen LogP contribution in [0.15, 0.2) is 39.9 Å². The van der Waals surface area contributed by atoms with E-state index in [2.05, 4.69) is 15.4 Å². The standard InChI is InChI=1S/C23H30N4O8/c1-5-33-17(29)11-16(24-12-15-9-7-6-8-10-15)18-19(32-4)20(34-14(3)28)22(35-18)27-23(31)25-21(30)13(2)26-27/h6-10,16,18-20,22,24H,5,11-12H2,1-4H3,(H,25,30,31)/t16?,18?,19-,20+,22-/m0/s1. The Balaban J connectivity index is 1.97. The van der Waals surface area contributed by atoms with Gasteiger partial charge in [0, 0.05) is 26.6 Å². The van der Waals surface area contributed by atoms with Crippen molar-refractivity contribution >= 4 is 11.9 Å². The molecule has 1 aliphatic heterocycles. The lowest BCUT2D eigenvalue weighted by atomic mass is 9.99. The van der Waals surface area contributed by atoms with E-state index in [-0.39, 0.29) is 18.7 Å². The molecule has 2 unspecified atom stereocenters. The van der Waals surface area contributed by atoms with Gasteiger partial charge in [0.2, 0.25) is 0 Å². The number of aromatic amines is 1. The molecule has 0 radical (unpaired) electrons. The van der Waals surface area contributed by atoms with E-state index in [0.29, 0.717) is 6.54 Å². The van der Waals surface area contributed by atoms with Crippen molar-refractivity contribution in [3.05, 3.63) is 62.4 Å². The minimum atomic E-state index is -1.21. The Kier molecular flexibility index (Phi) is 8.90. The van der Waals surface area contributed by atoms with E-state index < -0.39 is 53.8 Å². The topological polar surface area (TPSA) is 151 Å². The number of carbonyl (C=O) groups excluding carboxylic acids is 2. The molecule has 1 aromatic carbocycles. The summed E-state index contributed by atoms with van der Waals surface area (Å²) in [6, 6.07) is 8.90. The fourth-order valence-corrected chi connectivity index (χ4v) is 3.99. The Hall–Kier alpha value is -3.35. The summed E-state index contributed by atoms with van der Waals surface area (Å²) in [7, 11) is 1.41. The van der Waals surface area contributed by atoms with Gasteiger partial charge in [-0.1, -0.05) is 30.3 Å². The third kappa shape index (κ3) is 6.41. The molecule has 0 bridgehead atoms. The number of benzene rings is 1. The van der Waals surface area contributed by atoms with Crippen LogP contribution in [-0.2, 0) is 35.1 Å². The van der Waals surface area contributed by atoms with Gasteiger partial charge in [-0.3, -0.25) is 19.4 Å². The molecule has 1 fully saturated rings. The Morgan fingerprint density at radius 2 is 1.94 bits per heavy atom. The van der Waals surface area contributed by atoms with Crippen molar-refractivity contribution < 1.29 is 28.5 Å². The van der Waals surface area contributed by atoms with Crippen molar-refractivity contribution in [3.8, 4) is 0 Å². The Morgan fingerprint density at radius 1 is 1.23 bits per heavy atom. The molecule has 2 N–H and O–H groups in total. The first-order valence-corrected chi connectivity index (χ1v) is 11.2. The SMILES string of the molecule is CCOC(=O)CC(NCc1ccccc1)C1O[C@H](n2nc(C)c(=O)[nH]c2=O)[C@H](OC(C)=O)[C@H]1OC. The molecule has 5 atom stereocenters. The largest absolute Gasteiger partial charge is 0.466 e. The van der Waals surface area contributed by atoms with Crippen LogP contribution in [0.3, 0.4) is 0 Å². The summed E-state index contributed by atoms with van der Waals surface area (Å²) in [6.07, 6.45) is -4.07. The highest BCUT2D eigenvalue weighted by Gasteiger charge is 2.52. The van der Waals surface area contributed by atoms with Gasteiger partial charge < -0.3 is 24.3 Å². The summed E-state index contributed by atoms with van der Waals surface area (Å²) in [6.45, 7) is 4.96. The minimum Gasteiger partial charge on any atom is -0.466 e. The fraction of sp³-hybridized carbons (Fsp3) is 0.522. The fourth-order valence-electron chi connectivity index (χ4n) is 3.99. The molecule has 1 aliphatic rings. The number of hydrogen-bond acceptors (Lipinski definition) is 10. The van der Waals surface area contributed by atoms with E-state index >= 15 is 0 Å². The predicted octanol–water partition coefficient (Wildman–Crippen LogP) is 0.196. The summed E-state index contributed by atoms with van der Waals surface area (Å²) >= 11 is 0. The van der Waals surface area contributed by atoms with Crippen LogP contribution in [0.4, 0.5) is 0 Å². The Morgan fingerprint density at radius 3 is 2.57 bits per heavy atom. The van der Waals surface area contributed by atoms with Gasteiger partial charge in [0.05, 0.1) is 13.0 Å². The van der Waals surface area contributed by atoms with E-state index in [0.717, 1.165) is 10.2 Å². The van der Waals surface area contributed by atoms with Crippen LogP contribution in [0.25, 0.3) is 0 Å². The second-order valence-corrected chi connectivity index (χ2v) is 8.04. The van der Waals surface area contributed by atoms with Crippen molar-refractivity contribution in [3.63, 3.8) is 0 Å². The zero-order chi connectivity index (χ0) is 25.5. The number of nitrogens with one attached hydrogen (secondary N) is 2. The number of methoxy groups -OCH3 is 1. The average Bonchev–Trinajstić information content (AvgIpc) is 3.17. The lowest BCUT2D eigenvalue weighted by Crippen LogP contribution is -2.49. The van der Waals surface area contributed by atoms with Crippen molar-refractivity contribution in [1.29, 1.82) is 0 Å². The third-order valence-electron chi connectivity index (χ3n) is 5.56. The van der Waals surface area contributed by atoms with E-state index in [9.17, 15) is 19.2 Å². The van der Waals surface area contributed by atoms with Gasteiger partial charge in [-0.05, 0) is 19.4 Å². The van der Waals surface area contributed by atoms with Crippen molar-refractivity contribution in [1.82, 2.24) is 20.1 Å². The molecule has 190 valence electrons. The number of hydrogen-bond donors (Lipinski definition) is 2. The highest BCUT2D eigenvalue weighted by molar-refractivity contribution is 5.70. The summed E-state index contributed by atoms with van der Waals surface area (Å²) in [5.41, 5.74) is -0.483. The maximum atomic E-state index is 12.5. The molecule has 0 aliphatic carbocycles. The Labute approximate surface area is 201 Å². The van der Waals surface area contributed by atoms with E-state index in [1.165, 1.54) is 21.0 Å². The van der Waals surface area contributed by atoms with Gasteiger partial charge in [-0.2, -0.15) is 9.78 Å². The molecule has 2 heterocycles. The first-order chi connectivity index (χ1) is 16.7. The molecule has 0 amide bonds. The normalized spacial score (nSPS) is 22.5. The van der Waals surface area contributed by atoms with Crippen LogP contribution >= 0.6 is 0 Å². The number of nitrogens with zero attached hydrogens (tertiary/aromatic N) is 2. The average molecular weight is 491 g/mol. The second kappa shape index (κ2) is 11.9. The second-order valence-electron chi connectivity index (χ2n) is 8.04. The molecular formula is C23H30N4O8. The van der Waals surface area contributed by atoms with Gasteiger partial charge in [0.1, 0.15) is 17.9 Å². The first-order valence-electron chi connectivity index (χ1n) is 11.2. The quantitative estimate of drug-likeness (QED) is 0.442. The van der Waals surface area contributed by atoms with Crippen molar-refractivity contribution in [2.24, 2.45) is 0 Å². The molecule has 2 aromatic rings. The number of aryl methyl sites for hydroxylation is 1. The minimum absolute atomic E-state index is 0.0254. The summed E-state index contributed by atoms with van der Waals surface area (Å²) in [5.74, 6) is -1.08. The number of H-pyrrole nitrogens is 1. The van der Waals surface area contributed by atoms with Crippen LogP contribution in [0.1, 0.15) is 37.8 Å². The highest BCUT2D eigenvalue weighted by Crippen LogP contribution is 2.35. The number of rotatable bonds is 10. The van der Waals surface area contributed by atoms with Gasteiger partial charge >= 0.3 is 17.6 Å². The van der Waals surface area contributed by atoms with E-state index in [4.69, 9.17) is 18.9 Å². The van der Waals surface area contributed by atoms with Gasteiger partial charge in [-0.25, -0.2) is 4.79 Å². The highest BCUT2D eigenvalue weighted by atomic mass is 16.6. The van der Waals surface area contributed by atoms with Gasteiger partial charge in [0.15, 0.2) is 12.3 Å². The van der Waals surface area contributed by atoms with Crippen LogP contribution < -0.4 is 16.6 Å². The lowest BCUT2D eigenvalue weighted by molar-refractivity contribution is -0.157. The van der Waals surface area contributed by atoms with Crippen molar-refractivity contribution in [2.75, 3.05) is 13.7 Å². The summed E-state index contributed by atoms with van der Waals surface area (Å²) in [4.78, 5) is 50.9. The summed E-state index contributed by atoms with van der Waals surface area (Å²) < 4.78 is 23.3. The maximum Gasteiger partial charge on any atom is 0.347 e.